The molecule has 9 nitrogen and oxygen atoms in total. The predicted octanol–water partition coefficient (Wildman–Crippen LogP) is 2.91. The van der Waals surface area contributed by atoms with Crippen LogP contribution < -0.4 is 10.6 Å². The van der Waals surface area contributed by atoms with Gasteiger partial charge in [-0.3, -0.25) is 10.1 Å². The number of nitrogens with one attached hydrogen (secondary N) is 2. The minimum Gasteiger partial charge on any atom is -0.378 e. The average molecular weight is 521 g/mol. The lowest BCUT2D eigenvalue weighted by Crippen LogP contribution is -2.42. The van der Waals surface area contributed by atoms with Crippen LogP contribution in [-0.4, -0.2) is 69.3 Å². The first kappa shape index (κ1) is 25.9. The molecular formula is C20H23F3N4O5S2. The van der Waals surface area contributed by atoms with Crippen molar-refractivity contribution in [1.29, 1.82) is 0 Å². The first-order chi connectivity index (χ1) is 15.9. The van der Waals surface area contributed by atoms with Crippen LogP contribution in [0.25, 0.3) is 10.4 Å². The van der Waals surface area contributed by atoms with Crippen LogP contribution in [-0.2, 0) is 25.5 Å². The Balaban J connectivity index is 1.67. The van der Waals surface area contributed by atoms with Crippen LogP contribution in [0.2, 0.25) is 0 Å². The first-order valence-electron chi connectivity index (χ1n) is 10.2. The summed E-state index contributed by atoms with van der Waals surface area (Å²) in [6.07, 6.45) is -4.04. The maximum atomic E-state index is 13.5. The Kier molecular flexibility index (Phi) is 7.83. The quantitative estimate of drug-likeness (QED) is 0.605. The third-order valence-corrected chi connectivity index (χ3v) is 7.23. The zero-order valence-corrected chi connectivity index (χ0v) is 20.0. The van der Waals surface area contributed by atoms with Gasteiger partial charge in [0.1, 0.15) is 0 Å². The van der Waals surface area contributed by atoms with Gasteiger partial charge in [-0.2, -0.15) is 13.2 Å². The molecule has 3 amide bonds. The third kappa shape index (κ3) is 6.45. The Morgan fingerprint density at radius 3 is 2.53 bits per heavy atom. The molecule has 0 aliphatic carbocycles. The van der Waals surface area contributed by atoms with Gasteiger partial charge in [0, 0.05) is 32.3 Å². The minimum absolute atomic E-state index is 0.0983. The number of alkyl halides is 3. The second-order valence-electron chi connectivity index (χ2n) is 7.54. The highest BCUT2D eigenvalue weighted by Crippen LogP contribution is 2.39. The van der Waals surface area contributed by atoms with Gasteiger partial charge in [0.15, 0.2) is 15.0 Å². The number of thiazole rings is 1. The molecule has 14 heteroatoms. The molecule has 0 atom stereocenters. The van der Waals surface area contributed by atoms with Crippen molar-refractivity contribution in [1.82, 2.24) is 15.2 Å². The third-order valence-electron chi connectivity index (χ3n) is 4.95. The van der Waals surface area contributed by atoms with Gasteiger partial charge in [0.05, 0.1) is 34.2 Å². The maximum Gasteiger partial charge on any atom is 0.417 e. The van der Waals surface area contributed by atoms with Gasteiger partial charge in [0.25, 0.3) is 0 Å². The molecule has 34 heavy (non-hydrogen) atoms. The number of urea groups is 1. The van der Waals surface area contributed by atoms with Crippen molar-refractivity contribution in [2.75, 3.05) is 44.4 Å². The summed E-state index contributed by atoms with van der Waals surface area (Å²) < 4.78 is 69.1. The molecule has 1 aromatic carbocycles. The summed E-state index contributed by atoms with van der Waals surface area (Å²) >= 11 is 0.947. The van der Waals surface area contributed by atoms with Gasteiger partial charge in [-0.25, -0.2) is 18.2 Å². The van der Waals surface area contributed by atoms with Crippen molar-refractivity contribution in [2.24, 2.45) is 0 Å². The van der Waals surface area contributed by atoms with Crippen molar-refractivity contribution < 1.29 is 35.9 Å². The summed E-state index contributed by atoms with van der Waals surface area (Å²) in [4.78, 5) is 29.6. The fraction of sp³-hybridized carbons (Fsp3) is 0.450. The number of hydrogen-bond donors (Lipinski definition) is 2. The molecule has 0 spiro atoms. The van der Waals surface area contributed by atoms with E-state index in [2.05, 4.69) is 15.6 Å². The van der Waals surface area contributed by atoms with E-state index < -0.39 is 32.5 Å². The monoisotopic (exact) mass is 520 g/mol. The molecular weight excluding hydrogens is 497 g/mol. The highest BCUT2D eigenvalue weighted by molar-refractivity contribution is 7.90. The molecule has 0 unspecified atom stereocenters. The van der Waals surface area contributed by atoms with E-state index in [4.69, 9.17) is 4.74 Å². The van der Waals surface area contributed by atoms with E-state index in [1.807, 2.05) is 0 Å². The lowest BCUT2D eigenvalue weighted by molar-refractivity contribution is -0.140. The summed E-state index contributed by atoms with van der Waals surface area (Å²) in [6.45, 7) is 3.63. The second-order valence-corrected chi connectivity index (χ2v) is 10.5. The smallest absolute Gasteiger partial charge is 0.378 e. The molecule has 2 N–H and O–H groups in total. The molecule has 186 valence electrons. The number of benzene rings is 1. The van der Waals surface area contributed by atoms with Gasteiger partial charge in [0.2, 0.25) is 5.91 Å². The molecule has 3 rings (SSSR count). The Bertz CT molecular complexity index is 1180. The van der Waals surface area contributed by atoms with Crippen LogP contribution in [0.4, 0.5) is 23.1 Å². The molecule has 2 heterocycles. The second kappa shape index (κ2) is 10.3. The highest BCUT2D eigenvalue weighted by Gasteiger charge is 2.36. The molecule has 1 fully saturated rings. The number of ether oxygens (including phenoxy) is 1. The van der Waals surface area contributed by atoms with Crippen LogP contribution in [0.5, 0.6) is 0 Å². The zero-order chi connectivity index (χ0) is 25.1. The Hall–Kier alpha value is -2.71. The van der Waals surface area contributed by atoms with Gasteiger partial charge in [-0.05, 0) is 24.6 Å². The topological polar surface area (TPSA) is 118 Å². The van der Waals surface area contributed by atoms with Crippen molar-refractivity contribution >= 4 is 38.2 Å². The number of nitrogens with zero attached hydrogens (tertiary/aromatic N) is 2. The fourth-order valence-corrected chi connectivity index (χ4v) is 5.18. The molecule has 2 aromatic rings. The van der Waals surface area contributed by atoms with E-state index in [-0.39, 0.29) is 29.6 Å². The number of carbonyl (C=O) groups is 2. The van der Waals surface area contributed by atoms with Gasteiger partial charge in [-0.1, -0.05) is 17.4 Å². The Morgan fingerprint density at radius 2 is 1.91 bits per heavy atom. The van der Waals surface area contributed by atoms with Crippen LogP contribution in [0.3, 0.4) is 0 Å². The Morgan fingerprint density at radius 1 is 1.24 bits per heavy atom. The highest BCUT2D eigenvalue weighted by atomic mass is 32.2. The molecule has 0 bridgehead atoms. The number of morpholine rings is 1. The van der Waals surface area contributed by atoms with E-state index in [0.717, 1.165) is 23.5 Å². The molecule has 1 saturated heterocycles. The van der Waals surface area contributed by atoms with Crippen molar-refractivity contribution in [3.8, 4) is 10.4 Å². The Labute approximate surface area is 198 Å². The van der Waals surface area contributed by atoms with E-state index in [9.17, 15) is 31.2 Å². The van der Waals surface area contributed by atoms with E-state index in [0.29, 0.717) is 43.1 Å². The maximum absolute atomic E-state index is 13.5. The normalized spacial score (nSPS) is 14.7. The number of carbonyl (C=O) groups excluding carboxylic acids is 2. The van der Waals surface area contributed by atoms with Crippen LogP contribution in [0.1, 0.15) is 17.7 Å². The molecule has 1 aliphatic heterocycles. The van der Waals surface area contributed by atoms with Gasteiger partial charge in [-0.15, -0.1) is 0 Å². The average Bonchev–Trinajstić information content (AvgIpc) is 3.12. The van der Waals surface area contributed by atoms with Crippen molar-refractivity contribution in [3.63, 3.8) is 0 Å². The summed E-state index contributed by atoms with van der Waals surface area (Å²) in [7, 11) is -4.09. The summed E-state index contributed by atoms with van der Waals surface area (Å²) in [5.74, 6) is -0.103. The number of anilines is 1. The van der Waals surface area contributed by atoms with Crippen molar-refractivity contribution in [2.45, 2.75) is 24.4 Å². The number of amides is 3. The van der Waals surface area contributed by atoms with E-state index in [1.165, 1.54) is 6.07 Å². The van der Waals surface area contributed by atoms with E-state index >= 15 is 0 Å². The molecule has 0 saturated carbocycles. The lowest BCUT2D eigenvalue weighted by Gasteiger charge is -2.26. The number of rotatable bonds is 6. The van der Waals surface area contributed by atoms with Crippen LogP contribution >= 0.6 is 11.3 Å². The molecule has 0 radical (unpaired) electrons. The fourth-order valence-electron chi connectivity index (χ4n) is 3.33. The molecule has 1 aromatic heterocycles. The summed E-state index contributed by atoms with van der Waals surface area (Å²) in [5, 5.41) is 5.19. The van der Waals surface area contributed by atoms with Gasteiger partial charge >= 0.3 is 12.2 Å². The SMILES string of the molecule is Cc1nc(NC(=O)NCCC(=O)N2CCOCC2)sc1-c1ccc(S(C)(=O)=O)c(C(F)(F)F)c1. The van der Waals surface area contributed by atoms with Crippen LogP contribution in [0, 0.1) is 6.92 Å². The largest absolute Gasteiger partial charge is 0.417 e. The van der Waals surface area contributed by atoms with Gasteiger partial charge < -0.3 is 15.0 Å². The number of sulfone groups is 1. The standard InChI is InChI=1S/C20H23F3N4O5S2/c1-12-17(13-3-4-15(34(2,30)31)14(11-13)20(21,22)23)33-19(25-12)26-18(29)24-6-5-16(28)27-7-9-32-10-8-27/h3-4,11H,5-10H2,1-2H3,(H2,24,25,26,29). The minimum atomic E-state index is -4.87. The van der Waals surface area contributed by atoms with Crippen LogP contribution in [0.15, 0.2) is 23.1 Å². The number of halogens is 3. The van der Waals surface area contributed by atoms with E-state index in [1.54, 1.807) is 11.8 Å². The summed E-state index contributed by atoms with van der Waals surface area (Å²) in [5.41, 5.74) is -0.778. The number of aryl methyl sites for hydroxylation is 1. The first-order valence-corrected chi connectivity index (χ1v) is 12.9. The number of hydrogen-bond acceptors (Lipinski definition) is 7. The number of aromatic nitrogens is 1. The predicted molar refractivity (Wildman–Crippen MR) is 119 cm³/mol. The summed E-state index contributed by atoms with van der Waals surface area (Å²) in [6, 6.07) is 2.34. The molecule has 1 aliphatic rings. The zero-order valence-electron chi connectivity index (χ0n) is 18.4. The lowest BCUT2D eigenvalue weighted by atomic mass is 10.1. The van der Waals surface area contributed by atoms with Crippen molar-refractivity contribution in [3.05, 3.63) is 29.5 Å².